The van der Waals surface area contributed by atoms with Crippen LogP contribution in [-0.4, -0.2) is 23.2 Å². The van der Waals surface area contributed by atoms with Crippen LogP contribution in [0.1, 0.15) is 36.9 Å². The van der Waals surface area contributed by atoms with E-state index >= 15 is 0 Å². The molecule has 0 aromatic carbocycles. The predicted octanol–water partition coefficient (Wildman–Crippen LogP) is 3.87. The molecule has 0 radical (unpaired) electrons. The van der Waals surface area contributed by atoms with E-state index in [0.717, 1.165) is 18.4 Å². The summed E-state index contributed by atoms with van der Waals surface area (Å²) in [5.74, 6) is 1.05. The Bertz CT molecular complexity index is 760. The molecule has 0 bridgehead atoms. The highest BCUT2D eigenvalue weighted by atomic mass is 16.5. The van der Waals surface area contributed by atoms with Crippen molar-refractivity contribution in [2.75, 3.05) is 7.11 Å². The highest BCUT2D eigenvalue weighted by Crippen LogP contribution is 2.31. The molecule has 0 spiro atoms. The van der Waals surface area contributed by atoms with Gasteiger partial charge in [0.1, 0.15) is 12.2 Å². The molecule has 0 amide bonds. The molecule has 1 saturated carbocycles. The molecule has 2 heterocycles. The van der Waals surface area contributed by atoms with Gasteiger partial charge in [0.05, 0.1) is 18.4 Å². The van der Waals surface area contributed by atoms with Crippen LogP contribution in [0.25, 0.3) is 11.6 Å². The summed E-state index contributed by atoms with van der Waals surface area (Å²) in [6, 6.07) is 9.47. The van der Waals surface area contributed by atoms with Gasteiger partial charge in [0.25, 0.3) is 5.88 Å². The lowest BCUT2D eigenvalue weighted by molar-refractivity contribution is 0.191. The Labute approximate surface area is 141 Å². The van der Waals surface area contributed by atoms with Gasteiger partial charge in [0.2, 0.25) is 0 Å². The molecule has 0 atom stereocenters. The third kappa shape index (κ3) is 3.72. The van der Waals surface area contributed by atoms with Gasteiger partial charge in [-0.1, -0.05) is 0 Å². The lowest BCUT2D eigenvalue weighted by Crippen LogP contribution is -2.13. The molecule has 2 aromatic heterocycles. The van der Waals surface area contributed by atoms with Crippen molar-refractivity contribution in [1.82, 2.24) is 9.97 Å². The van der Waals surface area contributed by atoms with Gasteiger partial charge in [-0.3, -0.25) is 4.98 Å². The van der Waals surface area contributed by atoms with E-state index in [1.807, 2.05) is 12.1 Å². The SMILES string of the molecule is COc1ccc(/C(C#N)=C/c2ccncc2)nc1OC1CCCC1. The van der Waals surface area contributed by atoms with Crippen molar-refractivity contribution in [3.63, 3.8) is 0 Å². The van der Waals surface area contributed by atoms with Crippen molar-refractivity contribution in [2.24, 2.45) is 0 Å². The second-order valence-corrected chi connectivity index (χ2v) is 5.68. The van der Waals surface area contributed by atoms with Crippen molar-refractivity contribution >= 4 is 11.6 Å². The number of aromatic nitrogens is 2. The Kier molecular flexibility index (Phi) is 5.07. The Balaban J connectivity index is 1.92. The number of hydrogen-bond donors (Lipinski definition) is 0. The molecule has 24 heavy (non-hydrogen) atoms. The van der Waals surface area contributed by atoms with Crippen LogP contribution in [0, 0.1) is 11.3 Å². The molecule has 122 valence electrons. The summed E-state index contributed by atoms with van der Waals surface area (Å²) >= 11 is 0. The first-order valence-corrected chi connectivity index (χ1v) is 8.04. The first-order valence-electron chi connectivity index (χ1n) is 8.04. The quantitative estimate of drug-likeness (QED) is 0.782. The lowest BCUT2D eigenvalue weighted by atomic mass is 10.1. The summed E-state index contributed by atoms with van der Waals surface area (Å²) in [6.45, 7) is 0. The Morgan fingerprint density at radius 3 is 2.62 bits per heavy atom. The maximum Gasteiger partial charge on any atom is 0.257 e. The number of pyridine rings is 2. The molecule has 2 aromatic rings. The van der Waals surface area contributed by atoms with Gasteiger partial charge in [0, 0.05) is 12.4 Å². The first-order chi connectivity index (χ1) is 11.8. The van der Waals surface area contributed by atoms with Crippen LogP contribution in [0.2, 0.25) is 0 Å². The first kappa shape index (κ1) is 16.0. The zero-order valence-electron chi connectivity index (χ0n) is 13.6. The largest absolute Gasteiger partial charge is 0.491 e. The van der Waals surface area contributed by atoms with Crippen molar-refractivity contribution < 1.29 is 9.47 Å². The van der Waals surface area contributed by atoms with Crippen LogP contribution < -0.4 is 9.47 Å². The average Bonchev–Trinajstić information content (AvgIpc) is 3.13. The summed E-state index contributed by atoms with van der Waals surface area (Å²) in [7, 11) is 1.59. The molecule has 0 aliphatic heterocycles. The molecule has 1 aliphatic rings. The summed E-state index contributed by atoms with van der Waals surface area (Å²) in [5, 5.41) is 9.50. The van der Waals surface area contributed by atoms with Crippen molar-refractivity contribution in [3.05, 3.63) is 47.9 Å². The van der Waals surface area contributed by atoms with Crippen molar-refractivity contribution in [3.8, 4) is 17.7 Å². The number of hydrogen-bond acceptors (Lipinski definition) is 5. The molecule has 1 fully saturated rings. The molecular formula is C19H19N3O2. The highest BCUT2D eigenvalue weighted by Gasteiger charge is 2.20. The summed E-state index contributed by atoms with van der Waals surface area (Å²) < 4.78 is 11.3. The van der Waals surface area contributed by atoms with Crippen LogP contribution in [0.15, 0.2) is 36.7 Å². The molecule has 5 heteroatoms. The standard InChI is InChI=1S/C19H19N3O2/c1-23-18-7-6-17(22-19(18)24-16-4-2-3-5-16)15(13-20)12-14-8-10-21-11-9-14/h6-12,16H,2-5H2,1H3/b15-12+. The van der Waals surface area contributed by atoms with Crippen molar-refractivity contribution in [1.29, 1.82) is 5.26 Å². The van der Waals surface area contributed by atoms with Gasteiger partial charge >= 0.3 is 0 Å². The third-order valence-corrected chi connectivity index (χ3v) is 4.04. The summed E-state index contributed by atoms with van der Waals surface area (Å²) in [4.78, 5) is 8.50. The van der Waals surface area contributed by atoms with E-state index in [1.54, 1.807) is 37.7 Å². The van der Waals surface area contributed by atoms with E-state index in [2.05, 4.69) is 16.0 Å². The molecule has 3 rings (SSSR count). The second-order valence-electron chi connectivity index (χ2n) is 5.68. The van der Waals surface area contributed by atoms with E-state index in [0.29, 0.717) is 22.9 Å². The minimum atomic E-state index is 0.177. The average molecular weight is 321 g/mol. The van der Waals surface area contributed by atoms with Gasteiger partial charge in [0.15, 0.2) is 5.75 Å². The van der Waals surface area contributed by atoms with Crippen LogP contribution in [-0.2, 0) is 0 Å². The van der Waals surface area contributed by atoms with Gasteiger partial charge in [-0.05, 0) is 61.6 Å². The number of ether oxygens (including phenoxy) is 2. The fourth-order valence-corrected chi connectivity index (χ4v) is 2.77. The predicted molar refractivity (Wildman–Crippen MR) is 91.4 cm³/mol. The monoisotopic (exact) mass is 321 g/mol. The number of methoxy groups -OCH3 is 1. The number of rotatable bonds is 5. The minimum Gasteiger partial charge on any atom is -0.491 e. The maximum absolute atomic E-state index is 9.50. The van der Waals surface area contributed by atoms with Gasteiger partial charge in [-0.15, -0.1) is 0 Å². The lowest BCUT2D eigenvalue weighted by Gasteiger charge is -2.15. The van der Waals surface area contributed by atoms with Crippen LogP contribution in [0.3, 0.4) is 0 Å². The van der Waals surface area contributed by atoms with E-state index in [9.17, 15) is 5.26 Å². The summed E-state index contributed by atoms with van der Waals surface area (Å²) in [5.41, 5.74) is 1.95. The molecule has 1 aliphatic carbocycles. The number of nitriles is 1. The third-order valence-electron chi connectivity index (χ3n) is 4.04. The maximum atomic E-state index is 9.50. The smallest absolute Gasteiger partial charge is 0.257 e. The molecule has 0 saturated heterocycles. The molecule has 0 N–H and O–H groups in total. The highest BCUT2D eigenvalue weighted by molar-refractivity contribution is 5.88. The van der Waals surface area contributed by atoms with Crippen LogP contribution >= 0.6 is 0 Å². The molecular weight excluding hydrogens is 302 g/mol. The Morgan fingerprint density at radius 1 is 1.21 bits per heavy atom. The zero-order chi connectivity index (χ0) is 16.8. The van der Waals surface area contributed by atoms with E-state index in [1.165, 1.54) is 12.8 Å². The fourth-order valence-electron chi connectivity index (χ4n) is 2.77. The van der Waals surface area contributed by atoms with E-state index < -0.39 is 0 Å². The number of nitrogens with zero attached hydrogens (tertiary/aromatic N) is 3. The fraction of sp³-hybridized carbons (Fsp3) is 0.316. The van der Waals surface area contributed by atoms with Gasteiger partial charge in [-0.25, -0.2) is 4.98 Å². The van der Waals surface area contributed by atoms with Crippen LogP contribution in [0.5, 0.6) is 11.6 Å². The van der Waals surface area contributed by atoms with Gasteiger partial charge < -0.3 is 9.47 Å². The Morgan fingerprint density at radius 2 is 1.96 bits per heavy atom. The normalized spacial score (nSPS) is 15.1. The van der Waals surface area contributed by atoms with E-state index in [4.69, 9.17) is 9.47 Å². The second kappa shape index (κ2) is 7.60. The minimum absolute atomic E-state index is 0.177. The van der Waals surface area contributed by atoms with Crippen LogP contribution in [0.4, 0.5) is 0 Å². The van der Waals surface area contributed by atoms with Crippen molar-refractivity contribution in [2.45, 2.75) is 31.8 Å². The van der Waals surface area contributed by atoms with E-state index in [-0.39, 0.29) is 6.10 Å². The molecule has 5 nitrogen and oxygen atoms in total. The topological polar surface area (TPSA) is 68.0 Å². The van der Waals surface area contributed by atoms with Gasteiger partial charge in [-0.2, -0.15) is 5.26 Å². The Hall–Kier alpha value is -2.87. The summed E-state index contributed by atoms with van der Waals surface area (Å²) in [6.07, 6.45) is 9.77. The molecule has 0 unspecified atom stereocenters. The zero-order valence-corrected chi connectivity index (χ0v) is 13.6. The number of allylic oxidation sites excluding steroid dienone is 1.